The van der Waals surface area contributed by atoms with Crippen molar-refractivity contribution in [2.75, 3.05) is 13.1 Å². The molecular formula is C4H7CrN. The number of nitrogens with zero attached hydrogens (tertiary/aromatic N) is 1. The van der Waals surface area contributed by atoms with Gasteiger partial charge in [-0.15, -0.1) is 0 Å². The van der Waals surface area contributed by atoms with Gasteiger partial charge in [-0.1, -0.05) is 0 Å². The molecule has 0 aromatic carbocycles. The molecule has 0 aromatic rings. The molecule has 0 spiro atoms. The van der Waals surface area contributed by atoms with Crippen molar-refractivity contribution in [2.45, 2.75) is 6.92 Å². The Labute approximate surface area is 45.9 Å². The molecule has 34 valence electrons. The van der Waals surface area contributed by atoms with Crippen LogP contribution in [0.3, 0.4) is 0 Å². The topological polar surface area (TPSA) is 3.01 Å². The van der Waals surface area contributed by atoms with Crippen molar-refractivity contribution in [2.24, 2.45) is 0 Å². The Balaban J connectivity index is 2.31. The molecule has 1 rings (SSSR count). The van der Waals surface area contributed by atoms with Gasteiger partial charge >= 0.3 is 45.3 Å². The van der Waals surface area contributed by atoms with Crippen molar-refractivity contribution in [3.8, 4) is 0 Å². The molecule has 0 amide bonds. The first kappa shape index (κ1) is 4.52. The summed E-state index contributed by atoms with van der Waals surface area (Å²) >= 11 is 2.94. The van der Waals surface area contributed by atoms with Crippen LogP contribution in [0.1, 0.15) is 6.92 Å². The van der Waals surface area contributed by atoms with Crippen LogP contribution >= 0.6 is 0 Å². The zero-order valence-electron chi connectivity index (χ0n) is 3.77. The van der Waals surface area contributed by atoms with Crippen LogP contribution in [0.4, 0.5) is 0 Å². The standard InChI is InChI=1S/C4H7N.Cr/c1-2-5-3-4-5;/h3-4H2,1H3;. The predicted octanol–water partition coefficient (Wildman–Crippen LogP) is -0.00140. The molecule has 0 radical (unpaired) electrons. The third kappa shape index (κ3) is 0.910. The van der Waals surface area contributed by atoms with Gasteiger partial charge in [-0.2, -0.15) is 0 Å². The molecule has 0 aromatic heterocycles. The molecule has 1 saturated heterocycles. The third-order valence-corrected chi connectivity index (χ3v) is 1.30. The van der Waals surface area contributed by atoms with E-state index in [4.69, 9.17) is 0 Å². The van der Waals surface area contributed by atoms with Gasteiger partial charge in [-0.3, -0.25) is 0 Å². The van der Waals surface area contributed by atoms with E-state index in [9.17, 15) is 0 Å². The Morgan fingerprint density at radius 1 is 1.67 bits per heavy atom. The van der Waals surface area contributed by atoms with Crippen molar-refractivity contribution in [1.29, 1.82) is 0 Å². The Kier molecular flexibility index (Phi) is 1.10. The zero-order chi connectivity index (χ0) is 4.57. The second-order valence-electron chi connectivity index (χ2n) is 1.51. The molecule has 6 heavy (non-hydrogen) atoms. The fourth-order valence-electron chi connectivity index (χ4n) is 0.365. The second-order valence-corrected chi connectivity index (χ2v) is 2.43. The SMILES string of the molecule is C[C](=[Cr])N1CC1. The average molecular weight is 121 g/mol. The van der Waals surface area contributed by atoms with Crippen LogP contribution < -0.4 is 0 Å². The molecule has 1 aliphatic heterocycles. The summed E-state index contributed by atoms with van der Waals surface area (Å²) in [6, 6.07) is 0. The van der Waals surface area contributed by atoms with E-state index in [1.54, 1.807) is 0 Å². The predicted molar refractivity (Wildman–Crippen MR) is 22.3 cm³/mol. The summed E-state index contributed by atoms with van der Waals surface area (Å²) in [6.07, 6.45) is 0. The van der Waals surface area contributed by atoms with E-state index >= 15 is 0 Å². The van der Waals surface area contributed by atoms with E-state index in [2.05, 4.69) is 27.7 Å². The van der Waals surface area contributed by atoms with Gasteiger partial charge in [-0.25, -0.2) is 0 Å². The van der Waals surface area contributed by atoms with Crippen molar-refractivity contribution in [1.82, 2.24) is 4.90 Å². The van der Waals surface area contributed by atoms with E-state index in [1.807, 2.05) is 0 Å². The summed E-state index contributed by atoms with van der Waals surface area (Å²) in [7, 11) is 0. The van der Waals surface area contributed by atoms with Gasteiger partial charge in [0, 0.05) is 0 Å². The Bertz CT molecular complexity index is 75.6. The van der Waals surface area contributed by atoms with Gasteiger partial charge in [0.05, 0.1) is 0 Å². The monoisotopic (exact) mass is 121 g/mol. The average Bonchev–Trinajstić information content (AvgIpc) is 2.06. The second kappa shape index (κ2) is 1.46. The summed E-state index contributed by atoms with van der Waals surface area (Å²) in [4.78, 5) is 2.28. The molecule has 1 nitrogen and oxygen atoms in total. The van der Waals surface area contributed by atoms with E-state index in [-0.39, 0.29) is 0 Å². The molecule has 2 heteroatoms. The first-order valence-corrected chi connectivity index (χ1v) is 2.70. The van der Waals surface area contributed by atoms with Gasteiger partial charge in [0.2, 0.25) is 0 Å². The summed E-state index contributed by atoms with van der Waals surface area (Å²) in [5.74, 6) is 0. The van der Waals surface area contributed by atoms with Crippen LogP contribution in [-0.2, 0) is 15.9 Å². The fraction of sp³-hybridized carbons (Fsp3) is 0.750. The van der Waals surface area contributed by atoms with E-state index < -0.39 is 0 Å². The molecule has 1 heterocycles. The number of hydrogen-bond donors (Lipinski definition) is 0. The van der Waals surface area contributed by atoms with Gasteiger partial charge < -0.3 is 0 Å². The molecule has 0 unspecified atom stereocenters. The quantitative estimate of drug-likeness (QED) is 0.441. The van der Waals surface area contributed by atoms with Gasteiger partial charge in [-0.05, 0) is 0 Å². The minimum absolute atomic E-state index is 1.26. The van der Waals surface area contributed by atoms with E-state index in [1.165, 1.54) is 17.6 Å². The molecule has 0 N–H and O–H groups in total. The van der Waals surface area contributed by atoms with Gasteiger partial charge in [0.1, 0.15) is 0 Å². The summed E-state index contributed by atoms with van der Waals surface area (Å²) < 4.78 is 1.33. The fourth-order valence-corrected chi connectivity index (χ4v) is 0.650. The van der Waals surface area contributed by atoms with Crippen molar-refractivity contribution < 1.29 is 15.9 Å². The number of rotatable bonds is 1. The van der Waals surface area contributed by atoms with Crippen LogP contribution in [0.15, 0.2) is 0 Å². The van der Waals surface area contributed by atoms with E-state index in [0.29, 0.717) is 0 Å². The maximum atomic E-state index is 2.94. The molecule has 0 atom stereocenters. The first-order valence-electron chi connectivity index (χ1n) is 2.06. The maximum absolute atomic E-state index is 2.94. The first-order chi connectivity index (χ1) is 2.80. The summed E-state index contributed by atoms with van der Waals surface area (Å²) in [5, 5.41) is 0. The van der Waals surface area contributed by atoms with E-state index in [0.717, 1.165) is 0 Å². The Morgan fingerprint density at radius 3 is 2.17 bits per heavy atom. The zero-order valence-corrected chi connectivity index (χ0v) is 5.04. The molecule has 0 bridgehead atoms. The molecule has 1 fully saturated rings. The Hall–Kier alpha value is 0.362. The summed E-state index contributed by atoms with van der Waals surface area (Å²) in [5.41, 5.74) is 0. The van der Waals surface area contributed by atoms with Crippen LogP contribution in [0.5, 0.6) is 0 Å². The van der Waals surface area contributed by atoms with Gasteiger partial charge in [0.25, 0.3) is 0 Å². The van der Waals surface area contributed by atoms with Crippen molar-refractivity contribution >= 4 is 4.50 Å². The number of hydrogen-bond acceptors (Lipinski definition) is 1. The summed E-state index contributed by atoms with van der Waals surface area (Å²) in [6.45, 7) is 4.62. The van der Waals surface area contributed by atoms with Crippen LogP contribution in [0.2, 0.25) is 0 Å². The van der Waals surface area contributed by atoms with Crippen molar-refractivity contribution in [3.05, 3.63) is 0 Å². The molecule has 1 aliphatic rings. The van der Waals surface area contributed by atoms with Crippen molar-refractivity contribution in [3.63, 3.8) is 0 Å². The van der Waals surface area contributed by atoms with Crippen LogP contribution in [0.25, 0.3) is 0 Å². The van der Waals surface area contributed by atoms with Gasteiger partial charge in [0.15, 0.2) is 0 Å². The molecular weight excluding hydrogens is 114 g/mol. The van der Waals surface area contributed by atoms with Crippen LogP contribution in [0, 0.1) is 0 Å². The third-order valence-electron chi connectivity index (χ3n) is 0.893. The van der Waals surface area contributed by atoms with Crippen LogP contribution in [-0.4, -0.2) is 22.5 Å². The minimum atomic E-state index is 1.26. The Morgan fingerprint density at radius 2 is 2.17 bits per heavy atom. The molecule has 0 saturated carbocycles. The normalized spacial score (nSPS) is 20.8. The molecule has 0 aliphatic carbocycles.